The third-order valence-electron chi connectivity index (χ3n) is 3.10. The molecule has 0 fully saturated rings. The van der Waals surface area contributed by atoms with Gasteiger partial charge in [-0.25, -0.2) is 14.8 Å². The Bertz CT molecular complexity index is 656. The first-order valence-corrected chi connectivity index (χ1v) is 6.79. The second kappa shape index (κ2) is 6.05. The van der Waals surface area contributed by atoms with Crippen LogP contribution in [0.2, 0.25) is 0 Å². The molecule has 2 rings (SSSR count). The van der Waals surface area contributed by atoms with Gasteiger partial charge < -0.3 is 15.2 Å². The molecule has 1 aromatic carbocycles. The molecule has 0 aliphatic rings. The van der Waals surface area contributed by atoms with E-state index in [1.54, 1.807) is 12.1 Å². The number of aromatic nitrogens is 2. The zero-order valence-electron chi connectivity index (χ0n) is 12.4. The molecule has 0 bridgehead atoms. The van der Waals surface area contributed by atoms with Gasteiger partial charge in [0.25, 0.3) is 0 Å². The quantitative estimate of drug-likeness (QED) is 0.850. The van der Waals surface area contributed by atoms with Crippen molar-refractivity contribution in [2.45, 2.75) is 26.4 Å². The lowest BCUT2D eigenvalue weighted by atomic mass is 10.1. The van der Waals surface area contributed by atoms with Crippen LogP contribution in [0.5, 0.6) is 0 Å². The molecule has 0 aliphatic carbocycles. The van der Waals surface area contributed by atoms with Crippen LogP contribution in [-0.2, 0) is 4.74 Å². The second-order valence-corrected chi connectivity index (χ2v) is 5.31. The molecule has 6 heteroatoms. The first-order chi connectivity index (χ1) is 9.93. The fraction of sp³-hybridized carbons (Fsp3) is 0.400. The van der Waals surface area contributed by atoms with Crippen molar-refractivity contribution in [2.75, 3.05) is 18.5 Å². The highest BCUT2D eigenvalue weighted by Gasteiger charge is 2.18. The van der Waals surface area contributed by atoms with Crippen LogP contribution < -0.4 is 5.32 Å². The molecular formula is C15H19N3O3. The Kier molecular flexibility index (Phi) is 4.37. The number of anilines is 1. The molecule has 0 aliphatic heterocycles. The third kappa shape index (κ3) is 3.66. The molecule has 112 valence electrons. The van der Waals surface area contributed by atoms with E-state index in [4.69, 9.17) is 9.84 Å². The van der Waals surface area contributed by atoms with Gasteiger partial charge in [-0.15, -0.1) is 0 Å². The number of carbonyl (C=O) groups is 1. The van der Waals surface area contributed by atoms with Gasteiger partial charge in [0.2, 0.25) is 0 Å². The number of rotatable bonds is 6. The first kappa shape index (κ1) is 15.2. The Morgan fingerprint density at radius 1 is 1.38 bits per heavy atom. The van der Waals surface area contributed by atoms with Gasteiger partial charge in [-0.05, 0) is 39.0 Å². The standard InChI is InChI=1S/C15H19N3O3/c1-4-21-15(2,3)8-16-13-11-6-5-10(14(19)20)7-12(11)17-9-18-13/h5-7,9H,4,8H2,1-3H3,(H,19,20)(H,16,17,18). The normalized spacial score (nSPS) is 11.6. The number of hydrogen-bond donors (Lipinski definition) is 2. The maximum atomic E-state index is 11.0. The second-order valence-electron chi connectivity index (χ2n) is 5.31. The van der Waals surface area contributed by atoms with E-state index < -0.39 is 5.97 Å². The van der Waals surface area contributed by atoms with Crippen molar-refractivity contribution in [2.24, 2.45) is 0 Å². The lowest BCUT2D eigenvalue weighted by Gasteiger charge is -2.25. The molecule has 2 aromatic rings. The smallest absolute Gasteiger partial charge is 0.335 e. The van der Waals surface area contributed by atoms with E-state index in [1.807, 2.05) is 20.8 Å². The summed E-state index contributed by atoms with van der Waals surface area (Å²) >= 11 is 0. The van der Waals surface area contributed by atoms with Crippen molar-refractivity contribution in [1.82, 2.24) is 9.97 Å². The van der Waals surface area contributed by atoms with E-state index in [0.29, 0.717) is 24.5 Å². The van der Waals surface area contributed by atoms with Crippen LogP contribution in [0.25, 0.3) is 10.9 Å². The van der Waals surface area contributed by atoms with E-state index in [2.05, 4.69) is 15.3 Å². The van der Waals surface area contributed by atoms with Crippen molar-refractivity contribution in [3.8, 4) is 0 Å². The van der Waals surface area contributed by atoms with Crippen LogP contribution in [0.4, 0.5) is 5.82 Å². The molecule has 0 saturated carbocycles. The van der Waals surface area contributed by atoms with Crippen molar-refractivity contribution < 1.29 is 14.6 Å². The topological polar surface area (TPSA) is 84.3 Å². The van der Waals surface area contributed by atoms with Crippen LogP contribution in [0, 0.1) is 0 Å². The van der Waals surface area contributed by atoms with Gasteiger partial charge in [-0.2, -0.15) is 0 Å². The first-order valence-electron chi connectivity index (χ1n) is 6.79. The molecule has 0 saturated heterocycles. The van der Waals surface area contributed by atoms with E-state index >= 15 is 0 Å². The number of carboxylic acids is 1. The van der Waals surface area contributed by atoms with E-state index in [0.717, 1.165) is 5.39 Å². The molecule has 1 aromatic heterocycles. The number of nitrogens with one attached hydrogen (secondary N) is 1. The predicted octanol–water partition coefficient (Wildman–Crippen LogP) is 2.56. The summed E-state index contributed by atoms with van der Waals surface area (Å²) in [6, 6.07) is 4.81. The maximum Gasteiger partial charge on any atom is 0.335 e. The van der Waals surface area contributed by atoms with Crippen molar-refractivity contribution in [3.05, 3.63) is 30.1 Å². The van der Waals surface area contributed by atoms with Crippen LogP contribution in [0.15, 0.2) is 24.5 Å². The van der Waals surface area contributed by atoms with Gasteiger partial charge in [0.1, 0.15) is 12.1 Å². The summed E-state index contributed by atoms with van der Waals surface area (Å²) in [6.45, 7) is 7.18. The van der Waals surface area contributed by atoms with Gasteiger partial charge in [-0.1, -0.05) is 0 Å². The monoisotopic (exact) mass is 289 g/mol. The average Bonchev–Trinajstić information content (AvgIpc) is 2.44. The van der Waals surface area contributed by atoms with Gasteiger partial charge in [0.05, 0.1) is 16.7 Å². The lowest BCUT2D eigenvalue weighted by Crippen LogP contribution is -2.33. The van der Waals surface area contributed by atoms with Crippen LogP contribution in [0.1, 0.15) is 31.1 Å². The van der Waals surface area contributed by atoms with Crippen molar-refractivity contribution in [3.63, 3.8) is 0 Å². The Morgan fingerprint density at radius 3 is 2.81 bits per heavy atom. The van der Waals surface area contributed by atoms with Gasteiger partial charge in [0, 0.05) is 18.5 Å². The van der Waals surface area contributed by atoms with E-state index in [9.17, 15) is 4.79 Å². The number of ether oxygens (including phenoxy) is 1. The van der Waals surface area contributed by atoms with Gasteiger partial charge in [-0.3, -0.25) is 0 Å². The predicted molar refractivity (Wildman–Crippen MR) is 80.7 cm³/mol. The molecule has 0 amide bonds. The van der Waals surface area contributed by atoms with Gasteiger partial charge >= 0.3 is 5.97 Å². The van der Waals surface area contributed by atoms with Crippen molar-refractivity contribution in [1.29, 1.82) is 0 Å². The number of nitrogens with zero attached hydrogens (tertiary/aromatic N) is 2. The molecule has 1 heterocycles. The number of fused-ring (bicyclic) bond motifs is 1. The SMILES string of the molecule is CCOC(C)(C)CNc1ncnc2cc(C(=O)O)ccc12. The minimum atomic E-state index is -0.970. The number of aromatic carboxylic acids is 1. The molecule has 0 radical (unpaired) electrons. The summed E-state index contributed by atoms with van der Waals surface area (Å²) in [7, 11) is 0. The molecule has 0 unspecified atom stereocenters. The maximum absolute atomic E-state index is 11.0. The largest absolute Gasteiger partial charge is 0.478 e. The lowest BCUT2D eigenvalue weighted by molar-refractivity contribution is 0.000658. The van der Waals surface area contributed by atoms with Crippen LogP contribution in [-0.4, -0.2) is 39.8 Å². The number of hydrogen-bond acceptors (Lipinski definition) is 5. The molecule has 6 nitrogen and oxygen atoms in total. The van der Waals surface area contributed by atoms with E-state index in [1.165, 1.54) is 12.4 Å². The minimum absolute atomic E-state index is 0.210. The highest BCUT2D eigenvalue weighted by molar-refractivity contribution is 5.96. The highest BCUT2D eigenvalue weighted by Crippen LogP contribution is 2.21. The highest BCUT2D eigenvalue weighted by atomic mass is 16.5. The van der Waals surface area contributed by atoms with Gasteiger partial charge in [0.15, 0.2) is 0 Å². The molecular weight excluding hydrogens is 270 g/mol. The Morgan fingerprint density at radius 2 is 2.14 bits per heavy atom. The minimum Gasteiger partial charge on any atom is -0.478 e. The zero-order chi connectivity index (χ0) is 15.5. The Labute approximate surface area is 123 Å². The van der Waals surface area contributed by atoms with Crippen molar-refractivity contribution >= 4 is 22.7 Å². The number of carboxylic acid groups (broad SMARTS) is 1. The molecule has 21 heavy (non-hydrogen) atoms. The average molecular weight is 289 g/mol. The van der Waals surface area contributed by atoms with Crippen LogP contribution in [0.3, 0.4) is 0 Å². The molecule has 0 atom stereocenters. The van der Waals surface area contributed by atoms with E-state index in [-0.39, 0.29) is 11.2 Å². The van der Waals surface area contributed by atoms with Crippen LogP contribution >= 0.6 is 0 Å². The Hall–Kier alpha value is -2.21. The summed E-state index contributed by atoms with van der Waals surface area (Å²) in [5.41, 5.74) is 0.496. The summed E-state index contributed by atoms with van der Waals surface area (Å²) in [4.78, 5) is 19.3. The summed E-state index contributed by atoms with van der Waals surface area (Å²) in [5.74, 6) is -0.299. The summed E-state index contributed by atoms with van der Waals surface area (Å²) in [6.07, 6.45) is 1.42. The summed E-state index contributed by atoms with van der Waals surface area (Å²) < 4.78 is 5.63. The third-order valence-corrected chi connectivity index (χ3v) is 3.10. The fourth-order valence-corrected chi connectivity index (χ4v) is 2.07. The Balaban J connectivity index is 2.26. The zero-order valence-corrected chi connectivity index (χ0v) is 12.4. The fourth-order valence-electron chi connectivity index (χ4n) is 2.07. The summed E-state index contributed by atoms with van der Waals surface area (Å²) in [5, 5.41) is 13.0. The molecule has 2 N–H and O–H groups in total. The molecule has 0 spiro atoms. The number of benzene rings is 1.